The number of hydrogen-bond donors (Lipinski definition) is 1. The molecule has 0 bridgehead atoms. The highest BCUT2D eigenvalue weighted by molar-refractivity contribution is 5.92. The summed E-state index contributed by atoms with van der Waals surface area (Å²) in [6, 6.07) is 13.3. The molecule has 1 saturated carbocycles. The van der Waals surface area contributed by atoms with E-state index < -0.39 is 5.41 Å². The van der Waals surface area contributed by atoms with Gasteiger partial charge in [0.25, 0.3) is 0 Å². The molecule has 1 amide bonds. The first-order valence-corrected chi connectivity index (χ1v) is 11.7. The summed E-state index contributed by atoms with van der Waals surface area (Å²) in [6.45, 7) is 8.02. The molecule has 0 radical (unpaired) electrons. The zero-order valence-electron chi connectivity index (χ0n) is 19.1. The van der Waals surface area contributed by atoms with Gasteiger partial charge in [0, 0.05) is 41.4 Å². The molecule has 1 aromatic carbocycles. The van der Waals surface area contributed by atoms with Crippen molar-refractivity contribution >= 4 is 16.8 Å². The average Bonchev–Trinajstić information content (AvgIpc) is 3.51. The molecule has 3 heterocycles. The molecule has 0 spiro atoms. The molecule has 1 aliphatic heterocycles. The maximum absolute atomic E-state index is 12.7. The number of carbonyl (C=O) groups is 1. The predicted octanol–water partition coefficient (Wildman–Crippen LogP) is 5.67. The standard InChI is InChI=1S/C27H30N4O/c1-17(2)24-22-15-20(4-5-23(22)30-25(24)21-6-11-29-18(3)14-21)19-7-12-31(13-8-19)26(32)27(16-28)9-10-27/h4-6,11,14-15,17,19,30H,7-10,12-13H2,1-3H3. The van der Waals surface area contributed by atoms with Crippen LogP contribution in [-0.4, -0.2) is 33.9 Å². The van der Waals surface area contributed by atoms with E-state index in [0.29, 0.717) is 11.8 Å². The second-order valence-corrected chi connectivity index (χ2v) is 9.82. The smallest absolute Gasteiger partial charge is 0.243 e. The molecule has 3 aromatic rings. The number of likely N-dealkylation sites (tertiary alicyclic amines) is 1. The SMILES string of the molecule is Cc1cc(-c2[nH]c3ccc(C4CCN(C(=O)C5(C#N)CC5)CC4)cc3c2C(C)C)ccn1. The molecule has 1 saturated heterocycles. The van der Waals surface area contributed by atoms with Crippen LogP contribution in [0, 0.1) is 23.7 Å². The zero-order valence-corrected chi connectivity index (χ0v) is 19.1. The van der Waals surface area contributed by atoms with E-state index in [4.69, 9.17) is 0 Å². The first-order valence-electron chi connectivity index (χ1n) is 11.7. The third kappa shape index (κ3) is 3.48. The van der Waals surface area contributed by atoms with Gasteiger partial charge < -0.3 is 9.88 Å². The molecule has 164 valence electrons. The molecule has 5 rings (SSSR count). The highest BCUT2D eigenvalue weighted by Gasteiger charge is 2.52. The molecule has 2 aliphatic rings. The molecular weight excluding hydrogens is 396 g/mol. The minimum Gasteiger partial charge on any atom is -0.354 e. The quantitative estimate of drug-likeness (QED) is 0.584. The minimum absolute atomic E-state index is 0.0546. The fourth-order valence-electron chi connectivity index (χ4n) is 5.23. The van der Waals surface area contributed by atoms with E-state index >= 15 is 0 Å². The van der Waals surface area contributed by atoms with E-state index in [1.165, 1.54) is 33.3 Å². The summed E-state index contributed by atoms with van der Waals surface area (Å²) >= 11 is 0. The van der Waals surface area contributed by atoms with Crippen molar-refractivity contribution in [3.05, 3.63) is 53.3 Å². The summed E-state index contributed by atoms with van der Waals surface area (Å²) in [5.74, 6) is 0.892. The number of aromatic nitrogens is 2. The van der Waals surface area contributed by atoms with Gasteiger partial charge in [0.1, 0.15) is 5.41 Å². The summed E-state index contributed by atoms with van der Waals surface area (Å²) in [5.41, 5.74) is 6.54. The Morgan fingerprint density at radius 1 is 1.22 bits per heavy atom. The van der Waals surface area contributed by atoms with Gasteiger partial charge >= 0.3 is 0 Å². The van der Waals surface area contributed by atoms with Crippen molar-refractivity contribution in [3.8, 4) is 17.3 Å². The number of amides is 1. The van der Waals surface area contributed by atoms with Crippen molar-refractivity contribution in [2.45, 2.75) is 58.3 Å². The molecular formula is C27H30N4O. The van der Waals surface area contributed by atoms with E-state index in [-0.39, 0.29) is 5.91 Å². The van der Waals surface area contributed by atoms with Gasteiger partial charge in [-0.25, -0.2) is 0 Å². The van der Waals surface area contributed by atoms with Crippen molar-refractivity contribution < 1.29 is 4.79 Å². The molecule has 1 N–H and O–H groups in total. The Labute approximate surface area is 189 Å². The summed E-state index contributed by atoms with van der Waals surface area (Å²) in [7, 11) is 0. The van der Waals surface area contributed by atoms with Crippen LogP contribution in [-0.2, 0) is 4.79 Å². The number of piperidine rings is 1. The molecule has 0 unspecified atom stereocenters. The van der Waals surface area contributed by atoms with Crippen molar-refractivity contribution in [2.75, 3.05) is 13.1 Å². The number of hydrogen-bond acceptors (Lipinski definition) is 3. The number of H-pyrrole nitrogens is 1. The number of nitrogens with one attached hydrogen (secondary N) is 1. The van der Waals surface area contributed by atoms with Crippen LogP contribution in [0.25, 0.3) is 22.2 Å². The Hall–Kier alpha value is -3.13. The number of nitriles is 1. The van der Waals surface area contributed by atoms with Gasteiger partial charge in [0.15, 0.2) is 0 Å². The molecule has 2 aromatic heterocycles. The van der Waals surface area contributed by atoms with Gasteiger partial charge in [-0.15, -0.1) is 0 Å². The van der Waals surface area contributed by atoms with Crippen LogP contribution in [0.2, 0.25) is 0 Å². The third-order valence-electron chi connectivity index (χ3n) is 7.25. The van der Waals surface area contributed by atoms with E-state index in [0.717, 1.165) is 44.5 Å². The molecule has 0 atom stereocenters. The second kappa shape index (κ2) is 7.78. The monoisotopic (exact) mass is 426 g/mol. The fraction of sp³-hybridized carbons (Fsp3) is 0.444. The lowest BCUT2D eigenvalue weighted by atomic mass is 9.87. The fourth-order valence-corrected chi connectivity index (χ4v) is 5.23. The maximum atomic E-state index is 12.7. The number of fused-ring (bicyclic) bond motifs is 1. The summed E-state index contributed by atoms with van der Waals surface area (Å²) in [4.78, 5) is 22.6. The summed E-state index contributed by atoms with van der Waals surface area (Å²) < 4.78 is 0. The van der Waals surface area contributed by atoms with Gasteiger partial charge in [0.05, 0.1) is 11.8 Å². The molecule has 5 nitrogen and oxygen atoms in total. The highest BCUT2D eigenvalue weighted by Crippen LogP contribution is 2.47. The van der Waals surface area contributed by atoms with E-state index in [9.17, 15) is 10.1 Å². The Bertz CT molecular complexity index is 1220. The van der Waals surface area contributed by atoms with Crippen molar-refractivity contribution in [1.29, 1.82) is 5.26 Å². The van der Waals surface area contributed by atoms with Crippen molar-refractivity contribution in [2.24, 2.45) is 5.41 Å². The average molecular weight is 427 g/mol. The van der Waals surface area contributed by atoms with Gasteiger partial charge in [-0.3, -0.25) is 9.78 Å². The first-order chi connectivity index (χ1) is 15.4. The lowest BCUT2D eigenvalue weighted by molar-refractivity contribution is -0.136. The Balaban J connectivity index is 1.42. The van der Waals surface area contributed by atoms with Gasteiger partial charge in [0.2, 0.25) is 5.91 Å². The van der Waals surface area contributed by atoms with Crippen LogP contribution in [0.1, 0.15) is 68.2 Å². The number of carbonyl (C=O) groups excluding carboxylic acids is 1. The topological polar surface area (TPSA) is 72.8 Å². The van der Waals surface area contributed by atoms with Crippen LogP contribution in [0.3, 0.4) is 0 Å². The van der Waals surface area contributed by atoms with Crippen LogP contribution in [0.4, 0.5) is 0 Å². The van der Waals surface area contributed by atoms with Gasteiger partial charge in [-0.2, -0.15) is 5.26 Å². The zero-order chi connectivity index (χ0) is 22.5. The number of benzene rings is 1. The first kappa shape index (κ1) is 20.8. The molecule has 1 aliphatic carbocycles. The van der Waals surface area contributed by atoms with Crippen molar-refractivity contribution in [3.63, 3.8) is 0 Å². The van der Waals surface area contributed by atoms with Crippen LogP contribution in [0.5, 0.6) is 0 Å². The van der Waals surface area contributed by atoms with E-state index in [1.54, 1.807) is 0 Å². The van der Waals surface area contributed by atoms with E-state index in [1.807, 2.05) is 18.0 Å². The molecule has 2 fully saturated rings. The van der Waals surface area contributed by atoms with Crippen LogP contribution < -0.4 is 0 Å². The van der Waals surface area contributed by atoms with Crippen molar-refractivity contribution in [1.82, 2.24) is 14.9 Å². The number of rotatable bonds is 4. The van der Waals surface area contributed by atoms with E-state index in [2.05, 4.69) is 60.2 Å². The second-order valence-electron chi connectivity index (χ2n) is 9.82. The lowest BCUT2D eigenvalue weighted by Crippen LogP contribution is -2.41. The normalized spacial score (nSPS) is 18.2. The minimum atomic E-state index is -0.704. The summed E-state index contributed by atoms with van der Waals surface area (Å²) in [5, 5.41) is 10.6. The highest BCUT2D eigenvalue weighted by atomic mass is 16.2. The van der Waals surface area contributed by atoms with Crippen LogP contribution in [0.15, 0.2) is 36.5 Å². The number of aromatic amines is 1. The largest absolute Gasteiger partial charge is 0.354 e. The Morgan fingerprint density at radius 3 is 2.59 bits per heavy atom. The molecule has 5 heteroatoms. The predicted molar refractivity (Wildman–Crippen MR) is 126 cm³/mol. The maximum Gasteiger partial charge on any atom is 0.243 e. The number of nitrogens with zero attached hydrogens (tertiary/aromatic N) is 3. The summed E-state index contributed by atoms with van der Waals surface area (Å²) in [6.07, 6.45) is 5.24. The lowest BCUT2D eigenvalue weighted by Gasteiger charge is -2.33. The van der Waals surface area contributed by atoms with Gasteiger partial charge in [-0.05, 0) is 79.8 Å². The van der Waals surface area contributed by atoms with Gasteiger partial charge in [-0.1, -0.05) is 19.9 Å². The Morgan fingerprint density at radius 2 is 1.97 bits per heavy atom. The Kier molecular flexibility index (Phi) is 5.04. The number of aryl methyl sites for hydroxylation is 1. The van der Waals surface area contributed by atoms with Crippen LogP contribution >= 0.6 is 0 Å². The number of pyridine rings is 1. The molecule has 32 heavy (non-hydrogen) atoms. The third-order valence-corrected chi connectivity index (χ3v) is 7.25.